The first-order valence-electron chi connectivity index (χ1n) is 5.11. The molecular formula is C12H8ClNO4. The second-order valence-corrected chi connectivity index (χ2v) is 4.30. The molecule has 1 atom stereocenters. The smallest absolute Gasteiger partial charge is 0.299 e. The highest BCUT2D eigenvalue weighted by Gasteiger charge is 2.49. The second-order valence-electron chi connectivity index (χ2n) is 3.86. The van der Waals surface area contributed by atoms with Gasteiger partial charge in [0.25, 0.3) is 5.91 Å². The van der Waals surface area contributed by atoms with Crippen molar-refractivity contribution in [1.29, 1.82) is 0 Å². The Labute approximate surface area is 107 Å². The molecular weight excluding hydrogens is 258 g/mol. The van der Waals surface area contributed by atoms with Crippen molar-refractivity contribution in [1.82, 2.24) is 0 Å². The van der Waals surface area contributed by atoms with Crippen molar-refractivity contribution in [2.45, 2.75) is 6.92 Å². The fraction of sp³-hybridized carbons (Fsp3) is 0.167. The van der Waals surface area contributed by atoms with Crippen molar-refractivity contribution in [2.75, 3.05) is 4.90 Å². The number of carbonyl (C=O) groups is 4. The molecule has 92 valence electrons. The molecule has 1 aliphatic heterocycles. The molecule has 0 saturated carbocycles. The molecule has 1 aromatic rings. The number of hydrogen-bond acceptors (Lipinski definition) is 4. The van der Waals surface area contributed by atoms with E-state index in [0.717, 1.165) is 6.92 Å². The van der Waals surface area contributed by atoms with Gasteiger partial charge in [-0.1, -0.05) is 11.6 Å². The van der Waals surface area contributed by atoms with Crippen LogP contribution in [0.3, 0.4) is 0 Å². The van der Waals surface area contributed by atoms with Crippen LogP contribution in [0.4, 0.5) is 5.69 Å². The minimum Gasteiger partial charge on any atom is -0.299 e. The van der Waals surface area contributed by atoms with E-state index >= 15 is 0 Å². The average Bonchev–Trinajstić information content (AvgIpc) is 2.52. The molecule has 18 heavy (non-hydrogen) atoms. The van der Waals surface area contributed by atoms with E-state index < -0.39 is 29.3 Å². The molecule has 1 aromatic carbocycles. The quantitative estimate of drug-likeness (QED) is 0.454. The average molecular weight is 266 g/mol. The number of hydrogen-bond donors (Lipinski definition) is 0. The number of anilines is 1. The highest BCUT2D eigenvalue weighted by molar-refractivity contribution is 6.59. The molecule has 0 radical (unpaired) electrons. The SMILES string of the molecule is CC(=O)C1C(=O)C(=O)N(c2ccc(Cl)cc2)C1=O. The topological polar surface area (TPSA) is 71.5 Å². The summed E-state index contributed by atoms with van der Waals surface area (Å²) in [5, 5.41) is 0.437. The summed E-state index contributed by atoms with van der Waals surface area (Å²) in [4.78, 5) is 47.0. The predicted molar refractivity (Wildman–Crippen MR) is 63.1 cm³/mol. The number of halogens is 1. The Kier molecular flexibility index (Phi) is 3.00. The first-order valence-corrected chi connectivity index (χ1v) is 5.49. The van der Waals surface area contributed by atoms with Crippen LogP contribution in [-0.4, -0.2) is 23.4 Å². The number of ketones is 2. The van der Waals surface area contributed by atoms with Gasteiger partial charge in [0.05, 0.1) is 5.69 Å². The highest BCUT2D eigenvalue weighted by Crippen LogP contribution is 2.26. The van der Waals surface area contributed by atoms with Crippen molar-refractivity contribution >= 4 is 40.7 Å². The van der Waals surface area contributed by atoms with Gasteiger partial charge in [-0.3, -0.25) is 19.2 Å². The van der Waals surface area contributed by atoms with Crippen molar-refractivity contribution in [3.63, 3.8) is 0 Å². The Balaban J connectivity index is 2.43. The monoisotopic (exact) mass is 265 g/mol. The molecule has 1 fully saturated rings. The van der Waals surface area contributed by atoms with Gasteiger partial charge in [0.1, 0.15) is 5.78 Å². The molecule has 5 nitrogen and oxygen atoms in total. The van der Waals surface area contributed by atoms with Crippen LogP contribution >= 0.6 is 11.6 Å². The molecule has 1 heterocycles. The third-order valence-electron chi connectivity index (χ3n) is 2.63. The van der Waals surface area contributed by atoms with Gasteiger partial charge in [-0.2, -0.15) is 0 Å². The molecule has 1 saturated heterocycles. The summed E-state index contributed by atoms with van der Waals surface area (Å²) >= 11 is 5.69. The van der Waals surface area contributed by atoms with Gasteiger partial charge in [-0.25, -0.2) is 4.90 Å². The zero-order chi connectivity index (χ0) is 13.4. The zero-order valence-electron chi connectivity index (χ0n) is 9.34. The zero-order valence-corrected chi connectivity index (χ0v) is 10.1. The van der Waals surface area contributed by atoms with Gasteiger partial charge >= 0.3 is 5.91 Å². The number of benzene rings is 1. The summed E-state index contributed by atoms with van der Waals surface area (Å²) in [6.07, 6.45) is 0. The van der Waals surface area contributed by atoms with E-state index in [1.807, 2.05) is 0 Å². The van der Waals surface area contributed by atoms with Gasteiger partial charge in [0.15, 0.2) is 5.92 Å². The second kappa shape index (κ2) is 4.34. The molecule has 0 bridgehead atoms. The largest absolute Gasteiger partial charge is 0.302 e. The maximum absolute atomic E-state index is 11.9. The van der Waals surface area contributed by atoms with E-state index in [4.69, 9.17) is 11.6 Å². The molecule has 1 aliphatic rings. The standard InChI is InChI=1S/C12H8ClNO4/c1-6(15)9-10(16)12(18)14(11(9)17)8-4-2-7(13)3-5-8/h2-5,9H,1H3. The molecule has 0 aromatic heterocycles. The Bertz CT molecular complexity index is 564. The minimum atomic E-state index is -1.51. The van der Waals surface area contributed by atoms with E-state index in [2.05, 4.69) is 0 Å². The Morgan fingerprint density at radius 2 is 1.72 bits per heavy atom. The highest BCUT2D eigenvalue weighted by atomic mass is 35.5. The van der Waals surface area contributed by atoms with Crippen LogP contribution in [0.25, 0.3) is 0 Å². The fourth-order valence-corrected chi connectivity index (χ4v) is 1.89. The van der Waals surface area contributed by atoms with E-state index in [1.54, 1.807) is 0 Å². The summed E-state index contributed by atoms with van der Waals surface area (Å²) in [5.74, 6) is -4.91. The Morgan fingerprint density at radius 3 is 2.17 bits per heavy atom. The molecule has 1 unspecified atom stereocenters. The van der Waals surface area contributed by atoms with Crippen LogP contribution in [0.5, 0.6) is 0 Å². The van der Waals surface area contributed by atoms with E-state index in [0.29, 0.717) is 9.92 Å². The summed E-state index contributed by atoms with van der Waals surface area (Å²) in [6, 6.07) is 5.86. The van der Waals surface area contributed by atoms with Crippen LogP contribution in [0.2, 0.25) is 5.02 Å². The maximum Gasteiger partial charge on any atom is 0.302 e. The van der Waals surface area contributed by atoms with Gasteiger partial charge < -0.3 is 0 Å². The van der Waals surface area contributed by atoms with Gasteiger partial charge in [0, 0.05) is 5.02 Å². The number of rotatable bonds is 2. The normalized spacial score (nSPS) is 19.6. The van der Waals surface area contributed by atoms with Crippen LogP contribution in [0.1, 0.15) is 6.92 Å². The summed E-state index contributed by atoms with van der Waals surface area (Å²) < 4.78 is 0. The minimum absolute atomic E-state index is 0.228. The van der Waals surface area contributed by atoms with Crippen molar-refractivity contribution in [3.05, 3.63) is 29.3 Å². The number of carbonyl (C=O) groups excluding carboxylic acids is 4. The van der Waals surface area contributed by atoms with Crippen LogP contribution in [0, 0.1) is 5.92 Å². The third-order valence-corrected chi connectivity index (χ3v) is 2.89. The van der Waals surface area contributed by atoms with Crippen molar-refractivity contribution < 1.29 is 19.2 Å². The molecule has 0 spiro atoms. The predicted octanol–water partition coefficient (Wildman–Crippen LogP) is 0.988. The Hall–Kier alpha value is -2.01. The van der Waals surface area contributed by atoms with Crippen LogP contribution in [-0.2, 0) is 19.2 Å². The van der Waals surface area contributed by atoms with E-state index in [1.165, 1.54) is 24.3 Å². The third kappa shape index (κ3) is 1.82. The summed E-state index contributed by atoms with van der Waals surface area (Å²) in [7, 11) is 0. The lowest BCUT2D eigenvalue weighted by molar-refractivity contribution is -0.139. The Morgan fingerprint density at radius 1 is 1.17 bits per heavy atom. The molecule has 0 N–H and O–H groups in total. The first kappa shape index (κ1) is 12.4. The van der Waals surface area contributed by atoms with Crippen LogP contribution < -0.4 is 4.90 Å². The maximum atomic E-state index is 11.9. The lowest BCUT2D eigenvalue weighted by Crippen LogP contribution is -2.31. The van der Waals surface area contributed by atoms with E-state index in [-0.39, 0.29) is 5.69 Å². The summed E-state index contributed by atoms with van der Waals surface area (Å²) in [6.45, 7) is 1.11. The van der Waals surface area contributed by atoms with Gasteiger partial charge in [-0.05, 0) is 31.2 Å². The summed E-state index contributed by atoms with van der Waals surface area (Å²) in [5.41, 5.74) is 0.228. The number of nitrogens with zero attached hydrogens (tertiary/aromatic N) is 1. The fourth-order valence-electron chi connectivity index (χ4n) is 1.77. The number of imide groups is 1. The molecule has 0 aliphatic carbocycles. The van der Waals surface area contributed by atoms with Crippen molar-refractivity contribution in [3.8, 4) is 0 Å². The van der Waals surface area contributed by atoms with Crippen molar-refractivity contribution in [2.24, 2.45) is 5.92 Å². The number of amides is 2. The molecule has 6 heteroatoms. The van der Waals surface area contributed by atoms with Gasteiger partial charge in [-0.15, -0.1) is 0 Å². The lowest BCUT2D eigenvalue weighted by atomic mass is 10.0. The first-order chi connectivity index (χ1) is 8.43. The molecule has 2 amide bonds. The molecule has 2 rings (SSSR count). The number of Topliss-reactive ketones (excluding diaryl/α,β-unsaturated/α-hetero) is 2. The van der Waals surface area contributed by atoms with Gasteiger partial charge in [0.2, 0.25) is 5.78 Å². The lowest BCUT2D eigenvalue weighted by Gasteiger charge is -2.13. The van der Waals surface area contributed by atoms with E-state index in [9.17, 15) is 19.2 Å². The van der Waals surface area contributed by atoms with Crippen LogP contribution in [0.15, 0.2) is 24.3 Å².